The van der Waals surface area contributed by atoms with Crippen molar-refractivity contribution in [2.75, 3.05) is 13.1 Å². The highest BCUT2D eigenvalue weighted by atomic mass is 19.1. The summed E-state index contributed by atoms with van der Waals surface area (Å²) >= 11 is 0. The van der Waals surface area contributed by atoms with Crippen molar-refractivity contribution in [2.24, 2.45) is 11.7 Å². The summed E-state index contributed by atoms with van der Waals surface area (Å²) < 4.78 is 13.4. The Hall–Kier alpha value is -1.95. The summed E-state index contributed by atoms with van der Waals surface area (Å²) in [6, 6.07) is 3.76. The summed E-state index contributed by atoms with van der Waals surface area (Å²) in [4.78, 5) is 23.6. The zero-order chi connectivity index (χ0) is 16.7. The molecule has 5 nitrogen and oxygen atoms in total. The van der Waals surface area contributed by atoms with Crippen LogP contribution in [0.1, 0.15) is 36.2 Å². The third-order valence-electron chi connectivity index (χ3n) is 3.70. The largest absolute Gasteiger partial charge is 0.353 e. The molecule has 122 valence electrons. The fourth-order valence-electron chi connectivity index (χ4n) is 1.83. The Balaban J connectivity index is 2.36. The highest BCUT2D eigenvalue weighted by molar-refractivity contribution is 5.94. The third-order valence-corrected chi connectivity index (χ3v) is 3.70. The Morgan fingerprint density at radius 1 is 1.27 bits per heavy atom. The second-order valence-electron chi connectivity index (χ2n) is 5.42. The van der Waals surface area contributed by atoms with Crippen LogP contribution in [-0.2, 0) is 4.79 Å². The molecule has 2 amide bonds. The monoisotopic (exact) mass is 309 g/mol. The third kappa shape index (κ3) is 5.11. The van der Waals surface area contributed by atoms with E-state index in [1.54, 1.807) is 19.1 Å². The molecule has 2 unspecified atom stereocenters. The molecule has 1 rings (SSSR count). The first-order valence-electron chi connectivity index (χ1n) is 7.44. The van der Waals surface area contributed by atoms with Crippen LogP contribution in [-0.4, -0.2) is 30.9 Å². The van der Waals surface area contributed by atoms with E-state index >= 15 is 0 Å². The molecule has 0 saturated heterocycles. The lowest BCUT2D eigenvalue weighted by Crippen LogP contribution is -2.46. The van der Waals surface area contributed by atoms with Crippen molar-refractivity contribution >= 4 is 11.8 Å². The van der Waals surface area contributed by atoms with E-state index in [1.165, 1.54) is 6.07 Å². The van der Waals surface area contributed by atoms with E-state index in [0.29, 0.717) is 5.56 Å². The van der Waals surface area contributed by atoms with Crippen molar-refractivity contribution in [3.8, 4) is 0 Å². The molecule has 0 aliphatic rings. The number of nitrogens with one attached hydrogen (secondary N) is 2. The minimum Gasteiger partial charge on any atom is -0.353 e. The summed E-state index contributed by atoms with van der Waals surface area (Å²) in [7, 11) is 0. The van der Waals surface area contributed by atoms with Gasteiger partial charge in [0.1, 0.15) is 5.82 Å². The number of hydrogen-bond acceptors (Lipinski definition) is 3. The van der Waals surface area contributed by atoms with Crippen LogP contribution in [0.2, 0.25) is 0 Å². The maximum atomic E-state index is 13.4. The van der Waals surface area contributed by atoms with E-state index in [9.17, 15) is 14.0 Å². The molecule has 0 aliphatic heterocycles. The predicted octanol–water partition coefficient (Wildman–Crippen LogP) is 1.35. The first kappa shape index (κ1) is 18.1. The van der Waals surface area contributed by atoms with Crippen molar-refractivity contribution in [1.82, 2.24) is 10.6 Å². The quantitative estimate of drug-likeness (QED) is 0.665. The van der Waals surface area contributed by atoms with E-state index in [2.05, 4.69) is 10.6 Å². The number of halogens is 1. The SMILES string of the molecule is CCC(C)C(N)C(=O)NCCNC(=O)c1ccc(C)c(F)c1. The number of carbonyl (C=O) groups is 2. The molecule has 0 saturated carbocycles. The smallest absolute Gasteiger partial charge is 0.251 e. The number of nitrogens with two attached hydrogens (primary N) is 1. The van der Waals surface area contributed by atoms with Crippen LogP contribution in [0.3, 0.4) is 0 Å². The van der Waals surface area contributed by atoms with E-state index < -0.39 is 11.9 Å². The molecule has 4 N–H and O–H groups in total. The fourth-order valence-corrected chi connectivity index (χ4v) is 1.83. The molecular formula is C16H24FN3O2. The topological polar surface area (TPSA) is 84.2 Å². The Morgan fingerprint density at radius 2 is 1.91 bits per heavy atom. The standard InChI is InChI=1S/C16H24FN3O2/c1-4-10(2)14(18)16(22)20-8-7-19-15(21)12-6-5-11(3)13(17)9-12/h5-6,9-10,14H,4,7-8,18H2,1-3H3,(H,19,21)(H,20,22). The van der Waals surface area contributed by atoms with Gasteiger partial charge < -0.3 is 16.4 Å². The molecule has 6 heteroatoms. The van der Waals surface area contributed by atoms with Crippen molar-refractivity contribution in [3.05, 3.63) is 35.1 Å². The minimum absolute atomic E-state index is 0.102. The van der Waals surface area contributed by atoms with Gasteiger partial charge in [0.2, 0.25) is 5.91 Å². The van der Waals surface area contributed by atoms with E-state index in [1.807, 2.05) is 13.8 Å². The molecule has 0 bridgehead atoms. The maximum absolute atomic E-state index is 13.4. The number of amides is 2. The zero-order valence-corrected chi connectivity index (χ0v) is 13.3. The van der Waals surface area contributed by atoms with Gasteiger partial charge in [-0.3, -0.25) is 9.59 Å². The molecule has 0 radical (unpaired) electrons. The highest BCUT2D eigenvalue weighted by Gasteiger charge is 2.18. The van der Waals surface area contributed by atoms with Gasteiger partial charge in [0, 0.05) is 18.7 Å². The Kier molecular flexibility index (Phi) is 6.98. The van der Waals surface area contributed by atoms with Crippen LogP contribution >= 0.6 is 0 Å². The molecule has 0 aromatic heterocycles. The summed E-state index contributed by atoms with van der Waals surface area (Å²) in [5, 5.41) is 5.29. The van der Waals surface area contributed by atoms with Gasteiger partial charge >= 0.3 is 0 Å². The van der Waals surface area contributed by atoms with Crippen molar-refractivity contribution < 1.29 is 14.0 Å². The van der Waals surface area contributed by atoms with Crippen LogP contribution < -0.4 is 16.4 Å². The van der Waals surface area contributed by atoms with Crippen LogP contribution in [0.4, 0.5) is 4.39 Å². The van der Waals surface area contributed by atoms with Gasteiger partial charge in [-0.05, 0) is 30.5 Å². The van der Waals surface area contributed by atoms with Crippen LogP contribution in [0.25, 0.3) is 0 Å². The minimum atomic E-state index is -0.549. The maximum Gasteiger partial charge on any atom is 0.251 e. The zero-order valence-electron chi connectivity index (χ0n) is 13.3. The predicted molar refractivity (Wildman–Crippen MR) is 83.9 cm³/mol. The van der Waals surface area contributed by atoms with Crippen molar-refractivity contribution in [2.45, 2.75) is 33.2 Å². The normalized spacial score (nSPS) is 13.3. The highest BCUT2D eigenvalue weighted by Crippen LogP contribution is 2.09. The molecule has 0 spiro atoms. The van der Waals surface area contributed by atoms with Crippen molar-refractivity contribution in [1.29, 1.82) is 0 Å². The Bertz CT molecular complexity index is 534. The Morgan fingerprint density at radius 3 is 2.50 bits per heavy atom. The number of hydrogen-bond donors (Lipinski definition) is 3. The van der Waals surface area contributed by atoms with Gasteiger partial charge in [0.25, 0.3) is 5.91 Å². The number of benzene rings is 1. The second kappa shape index (κ2) is 8.48. The van der Waals surface area contributed by atoms with Gasteiger partial charge in [0.15, 0.2) is 0 Å². The molecule has 2 atom stereocenters. The van der Waals surface area contributed by atoms with Crippen LogP contribution in [0.5, 0.6) is 0 Å². The molecule has 1 aromatic carbocycles. The summed E-state index contributed by atoms with van der Waals surface area (Å²) in [5.41, 5.74) is 6.54. The average molecular weight is 309 g/mol. The summed E-state index contributed by atoms with van der Waals surface area (Å²) in [6.45, 7) is 6.06. The summed E-state index contributed by atoms with van der Waals surface area (Å²) in [6.07, 6.45) is 0.824. The molecular weight excluding hydrogens is 285 g/mol. The lowest BCUT2D eigenvalue weighted by Gasteiger charge is -2.17. The van der Waals surface area contributed by atoms with Crippen molar-refractivity contribution in [3.63, 3.8) is 0 Å². The number of carbonyl (C=O) groups excluding carboxylic acids is 2. The fraction of sp³-hybridized carbons (Fsp3) is 0.500. The molecule has 0 aliphatic carbocycles. The van der Waals surface area contributed by atoms with Gasteiger partial charge in [-0.15, -0.1) is 0 Å². The van der Waals surface area contributed by atoms with Crippen LogP contribution in [0, 0.1) is 18.7 Å². The molecule has 0 fully saturated rings. The lowest BCUT2D eigenvalue weighted by atomic mass is 9.99. The Labute approximate surface area is 130 Å². The van der Waals surface area contributed by atoms with Gasteiger partial charge in [-0.2, -0.15) is 0 Å². The number of rotatable bonds is 7. The first-order valence-corrected chi connectivity index (χ1v) is 7.44. The number of aryl methyl sites for hydroxylation is 1. The molecule has 1 aromatic rings. The van der Waals surface area contributed by atoms with Crippen LogP contribution in [0.15, 0.2) is 18.2 Å². The van der Waals surface area contributed by atoms with E-state index in [0.717, 1.165) is 6.42 Å². The van der Waals surface area contributed by atoms with Gasteiger partial charge in [0.05, 0.1) is 6.04 Å². The van der Waals surface area contributed by atoms with Gasteiger partial charge in [-0.1, -0.05) is 26.3 Å². The van der Waals surface area contributed by atoms with E-state index in [4.69, 9.17) is 5.73 Å². The lowest BCUT2D eigenvalue weighted by molar-refractivity contribution is -0.123. The first-order chi connectivity index (χ1) is 10.4. The van der Waals surface area contributed by atoms with Gasteiger partial charge in [-0.25, -0.2) is 4.39 Å². The molecule has 0 heterocycles. The van der Waals surface area contributed by atoms with E-state index in [-0.39, 0.29) is 36.4 Å². The molecule has 22 heavy (non-hydrogen) atoms. The average Bonchev–Trinajstić information content (AvgIpc) is 2.52. The second-order valence-corrected chi connectivity index (χ2v) is 5.42. The summed E-state index contributed by atoms with van der Waals surface area (Å²) in [5.74, 6) is -0.921.